The molecular weight excluding hydrogens is 352 g/mol. The molecule has 0 N–H and O–H groups in total. The van der Waals surface area contributed by atoms with Crippen LogP contribution in [0, 0.1) is 10.1 Å². The number of pyridine rings is 1. The van der Waals surface area contributed by atoms with Gasteiger partial charge >= 0.3 is 0 Å². The fourth-order valence-corrected chi connectivity index (χ4v) is 3.23. The molecule has 1 aliphatic heterocycles. The fraction of sp³-hybridized carbons (Fsp3) is 0.0526. The lowest BCUT2D eigenvalue weighted by Crippen LogP contribution is -2.14. The predicted octanol–water partition coefficient (Wildman–Crippen LogP) is 4.89. The van der Waals surface area contributed by atoms with Crippen LogP contribution < -0.4 is 4.90 Å². The molecule has 128 valence electrons. The third-order valence-corrected chi connectivity index (χ3v) is 4.48. The minimum atomic E-state index is -0.402. The van der Waals surface area contributed by atoms with Crippen molar-refractivity contribution in [3.63, 3.8) is 0 Å². The third-order valence-electron chi connectivity index (χ3n) is 4.25. The van der Waals surface area contributed by atoms with Crippen LogP contribution in [0.3, 0.4) is 0 Å². The molecule has 0 bridgehead atoms. The molecule has 0 fully saturated rings. The highest BCUT2D eigenvalue weighted by atomic mass is 35.5. The highest BCUT2D eigenvalue weighted by molar-refractivity contribution is 6.32. The predicted molar refractivity (Wildman–Crippen MR) is 102 cm³/mol. The summed E-state index contributed by atoms with van der Waals surface area (Å²) in [7, 11) is 1.89. The topological polar surface area (TPSA) is 71.6 Å². The number of nitro groups is 1. The van der Waals surface area contributed by atoms with E-state index in [1.165, 1.54) is 6.07 Å². The monoisotopic (exact) mass is 364 g/mol. The molecule has 1 aromatic heterocycles. The van der Waals surface area contributed by atoms with Gasteiger partial charge in [0.2, 0.25) is 0 Å². The summed E-state index contributed by atoms with van der Waals surface area (Å²) >= 11 is 6.22. The van der Waals surface area contributed by atoms with Gasteiger partial charge in [-0.25, -0.2) is 9.98 Å². The Hall–Kier alpha value is -3.25. The third kappa shape index (κ3) is 2.60. The van der Waals surface area contributed by atoms with Crippen molar-refractivity contribution >= 4 is 40.2 Å². The molecule has 7 heteroatoms. The Labute approximate surface area is 154 Å². The first-order valence-corrected chi connectivity index (χ1v) is 8.25. The number of para-hydroxylation sites is 1. The van der Waals surface area contributed by atoms with Gasteiger partial charge in [-0.3, -0.25) is 10.1 Å². The molecule has 0 unspecified atom stereocenters. The number of fused-ring (bicyclic) bond motifs is 2. The number of rotatable bonds is 2. The van der Waals surface area contributed by atoms with E-state index in [1.807, 2.05) is 24.1 Å². The van der Waals surface area contributed by atoms with Gasteiger partial charge in [-0.1, -0.05) is 23.7 Å². The van der Waals surface area contributed by atoms with E-state index in [9.17, 15) is 10.1 Å². The highest BCUT2D eigenvalue weighted by Gasteiger charge is 2.26. The molecule has 6 nitrogen and oxygen atoms in total. The first-order chi connectivity index (χ1) is 12.6. The SMILES string of the molecule is CN1c2ccc(Cl)cc2C(c2ccccc2[N+](=O)[O-])=Nc2cccnc21. The zero-order chi connectivity index (χ0) is 18.3. The van der Waals surface area contributed by atoms with Crippen molar-refractivity contribution in [2.24, 2.45) is 4.99 Å². The summed E-state index contributed by atoms with van der Waals surface area (Å²) < 4.78 is 0. The van der Waals surface area contributed by atoms with E-state index in [2.05, 4.69) is 4.98 Å². The van der Waals surface area contributed by atoms with Crippen LogP contribution in [0.15, 0.2) is 65.8 Å². The van der Waals surface area contributed by atoms with E-state index in [4.69, 9.17) is 16.6 Å². The lowest BCUT2D eigenvalue weighted by atomic mass is 9.99. The molecule has 1 aliphatic rings. The molecule has 2 heterocycles. The van der Waals surface area contributed by atoms with Crippen LogP contribution in [-0.2, 0) is 0 Å². The molecule has 0 saturated carbocycles. The second-order valence-corrected chi connectivity index (χ2v) is 6.24. The summed E-state index contributed by atoms with van der Waals surface area (Å²) in [6.07, 6.45) is 1.69. The maximum atomic E-state index is 11.5. The molecule has 0 atom stereocenters. The van der Waals surface area contributed by atoms with Crippen LogP contribution in [0.4, 0.5) is 22.9 Å². The van der Waals surface area contributed by atoms with Gasteiger partial charge in [0.05, 0.1) is 21.9 Å². The number of aliphatic imine (C=N–C) groups is 1. The summed E-state index contributed by atoms with van der Waals surface area (Å²) in [5.74, 6) is 0.671. The van der Waals surface area contributed by atoms with Crippen LogP contribution in [-0.4, -0.2) is 22.7 Å². The van der Waals surface area contributed by atoms with E-state index in [1.54, 1.807) is 42.6 Å². The maximum absolute atomic E-state index is 11.5. The van der Waals surface area contributed by atoms with Crippen molar-refractivity contribution in [3.8, 4) is 0 Å². The number of benzene rings is 2. The van der Waals surface area contributed by atoms with Gasteiger partial charge in [0.1, 0.15) is 5.69 Å². The van der Waals surface area contributed by atoms with Gasteiger partial charge in [0.25, 0.3) is 5.69 Å². The molecular formula is C19H13ClN4O2. The van der Waals surface area contributed by atoms with Crippen LogP contribution >= 0.6 is 11.6 Å². The quantitative estimate of drug-likeness (QED) is 0.479. The summed E-state index contributed by atoms with van der Waals surface area (Å²) in [6.45, 7) is 0. The van der Waals surface area contributed by atoms with Gasteiger partial charge < -0.3 is 4.90 Å². The van der Waals surface area contributed by atoms with Gasteiger partial charge in [-0.2, -0.15) is 0 Å². The largest absolute Gasteiger partial charge is 0.327 e. The zero-order valence-electron chi connectivity index (χ0n) is 13.8. The van der Waals surface area contributed by atoms with Crippen LogP contribution in [0.1, 0.15) is 11.1 Å². The minimum Gasteiger partial charge on any atom is -0.327 e. The summed E-state index contributed by atoms with van der Waals surface area (Å²) in [5, 5.41) is 12.1. The molecule has 0 aliphatic carbocycles. The van der Waals surface area contributed by atoms with E-state index in [0.717, 1.165) is 5.69 Å². The number of halogens is 1. The van der Waals surface area contributed by atoms with Crippen molar-refractivity contribution in [2.45, 2.75) is 0 Å². The van der Waals surface area contributed by atoms with E-state index in [-0.39, 0.29) is 5.69 Å². The summed E-state index contributed by atoms with van der Waals surface area (Å²) in [6, 6.07) is 15.6. The molecule has 0 saturated heterocycles. The first-order valence-electron chi connectivity index (χ1n) is 7.87. The Morgan fingerprint density at radius 1 is 1.08 bits per heavy atom. The molecule has 2 aromatic carbocycles. The minimum absolute atomic E-state index is 0.00725. The van der Waals surface area contributed by atoms with Gasteiger partial charge in [0, 0.05) is 29.9 Å². The fourth-order valence-electron chi connectivity index (χ4n) is 3.06. The average Bonchev–Trinajstić information content (AvgIpc) is 2.77. The normalized spacial score (nSPS) is 12.7. The Morgan fingerprint density at radius 3 is 2.69 bits per heavy atom. The van der Waals surface area contributed by atoms with Crippen molar-refractivity contribution < 1.29 is 4.92 Å². The molecule has 0 amide bonds. The summed E-state index contributed by atoms with van der Waals surface area (Å²) in [5.41, 5.74) is 3.10. The Morgan fingerprint density at radius 2 is 1.88 bits per heavy atom. The highest BCUT2D eigenvalue weighted by Crippen LogP contribution is 2.40. The number of hydrogen-bond donors (Lipinski definition) is 0. The lowest BCUT2D eigenvalue weighted by molar-refractivity contribution is -0.385. The summed E-state index contributed by atoms with van der Waals surface area (Å²) in [4.78, 5) is 22.2. The smallest absolute Gasteiger partial charge is 0.278 e. The molecule has 0 spiro atoms. The van der Waals surface area contributed by atoms with Gasteiger partial charge in [0.15, 0.2) is 5.82 Å². The Kier molecular flexibility index (Phi) is 3.89. The lowest BCUT2D eigenvalue weighted by Gasteiger charge is -2.20. The second-order valence-electron chi connectivity index (χ2n) is 5.80. The number of nitro benzene ring substituents is 1. The van der Waals surface area contributed by atoms with E-state index in [0.29, 0.717) is 33.4 Å². The van der Waals surface area contributed by atoms with Gasteiger partial charge in [-0.15, -0.1) is 0 Å². The van der Waals surface area contributed by atoms with Crippen molar-refractivity contribution in [1.82, 2.24) is 4.98 Å². The Balaban J connectivity index is 2.08. The zero-order valence-corrected chi connectivity index (χ0v) is 14.5. The molecule has 0 radical (unpaired) electrons. The number of aromatic nitrogens is 1. The average molecular weight is 365 g/mol. The second kappa shape index (κ2) is 6.24. The first kappa shape index (κ1) is 16.2. The van der Waals surface area contributed by atoms with Crippen LogP contribution in [0.25, 0.3) is 0 Å². The molecule has 26 heavy (non-hydrogen) atoms. The standard InChI is InChI=1S/C19H13ClN4O2/c1-23-16-9-8-12(20)11-14(16)18(22-15-6-4-10-21-19(15)23)13-5-2-3-7-17(13)24(25)26/h2-11H,1H3. The number of nitrogens with zero attached hydrogens (tertiary/aromatic N) is 4. The Bertz CT molecular complexity index is 1060. The van der Waals surface area contributed by atoms with Gasteiger partial charge in [-0.05, 0) is 36.4 Å². The van der Waals surface area contributed by atoms with Crippen LogP contribution in [0.5, 0.6) is 0 Å². The number of hydrogen-bond acceptors (Lipinski definition) is 5. The van der Waals surface area contributed by atoms with Crippen molar-refractivity contribution in [3.05, 3.63) is 87.1 Å². The number of anilines is 2. The van der Waals surface area contributed by atoms with Crippen molar-refractivity contribution in [1.29, 1.82) is 0 Å². The molecule has 3 aromatic rings. The maximum Gasteiger partial charge on any atom is 0.278 e. The molecule has 4 rings (SSSR count). The van der Waals surface area contributed by atoms with E-state index < -0.39 is 4.92 Å². The van der Waals surface area contributed by atoms with Crippen molar-refractivity contribution in [2.75, 3.05) is 11.9 Å². The van der Waals surface area contributed by atoms with Crippen LogP contribution in [0.2, 0.25) is 5.02 Å². The van der Waals surface area contributed by atoms with E-state index >= 15 is 0 Å².